The Morgan fingerprint density at radius 1 is 1.10 bits per heavy atom. The number of ether oxygens (including phenoxy) is 3. The second-order valence-corrected chi connectivity index (χ2v) is 8.42. The van der Waals surface area contributed by atoms with E-state index in [2.05, 4.69) is 21.5 Å². The smallest absolute Gasteiger partial charge is 0.226 e. The lowest BCUT2D eigenvalue weighted by Crippen LogP contribution is -2.33. The number of carbonyl (C=O) groups excluding carboxylic acids is 1. The van der Waals surface area contributed by atoms with Gasteiger partial charge >= 0.3 is 0 Å². The third-order valence-electron chi connectivity index (χ3n) is 5.84. The Hall–Kier alpha value is -3.33. The summed E-state index contributed by atoms with van der Waals surface area (Å²) >= 11 is 1.68. The number of fused-ring (bicyclic) bond motifs is 1. The number of ketones is 1. The maximum absolute atomic E-state index is 13.5. The van der Waals surface area contributed by atoms with Crippen molar-refractivity contribution < 1.29 is 19.0 Å². The fraction of sp³-hybridized carbons (Fsp3) is 0.318. The topological polar surface area (TPSA) is 87.5 Å². The summed E-state index contributed by atoms with van der Waals surface area (Å²) in [5, 5.41) is 9.81. The lowest BCUT2D eigenvalue weighted by molar-refractivity contribution is -0.116. The summed E-state index contributed by atoms with van der Waals surface area (Å²) in [4.78, 5) is 19.1. The molecule has 1 aliphatic carbocycles. The van der Waals surface area contributed by atoms with E-state index in [-0.39, 0.29) is 11.7 Å². The van der Waals surface area contributed by atoms with Gasteiger partial charge in [0.2, 0.25) is 5.95 Å². The van der Waals surface area contributed by atoms with Gasteiger partial charge in [-0.05, 0) is 23.9 Å². The molecule has 0 saturated heterocycles. The molecule has 9 heteroatoms. The normalized spacial score (nSPS) is 20.0. The van der Waals surface area contributed by atoms with Crippen molar-refractivity contribution in [3.63, 3.8) is 0 Å². The van der Waals surface area contributed by atoms with Crippen molar-refractivity contribution in [3.05, 3.63) is 57.7 Å². The highest BCUT2D eigenvalue weighted by atomic mass is 32.1. The van der Waals surface area contributed by atoms with E-state index in [1.807, 2.05) is 17.5 Å². The van der Waals surface area contributed by atoms with Gasteiger partial charge in [0.05, 0.1) is 21.3 Å². The number of nitrogens with one attached hydrogen (secondary N) is 1. The third-order valence-corrected chi connectivity index (χ3v) is 6.87. The van der Waals surface area contributed by atoms with E-state index >= 15 is 0 Å². The summed E-state index contributed by atoms with van der Waals surface area (Å²) in [6, 6.07) is 7.27. The molecule has 2 aliphatic rings. The molecule has 1 aliphatic heterocycles. The van der Waals surface area contributed by atoms with Gasteiger partial charge in [0, 0.05) is 40.1 Å². The maximum atomic E-state index is 13.5. The van der Waals surface area contributed by atoms with Gasteiger partial charge in [0.25, 0.3) is 0 Å². The minimum absolute atomic E-state index is 0.0927. The maximum Gasteiger partial charge on any atom is 0.226 e. The molecule has 0 spiro atoms. The molecule has 31 heavy (non-hydrogen) atoms. The summed E-state index contributed by atoms with van der Waals surface area (Å²) in [7, 11) is 4.76. The molecular formula is C22H22N4O4S. The van der Waals surface area contributed by atoms with Crippen LogP contribution in [0.15, 0.2) is 47.2 Å². The first kappa shape index (κ1) is 19.6. The lowest BCUT2D eigenvalue weighted by atomic mass is 9.79. The van der Waals surface area contributed by atoms with E-state index in [9.17, 15) is 4.79 Å². The summed E-state index contributed by atoms with van der Waals surface area (Å²) in [6.07, 6.45) is 2.68. The molecule has 0 amide bonds. The Labute approximate surface area is 183 Å². The number of nitrogens with zero attached hydrogens (tertiary/aromatic N) is 3. The number of benzene rings is 1. The largest absolute Gasteiger partial charge is 0.496 e. The van der Waals surface area contributed by atoms with E-state index in [4.69, 9.17) is 14.2 Å². The highest BCUT2D eigenvalue weighted by Gasteiger charge is 2.41. The van der Waals surface area contributed by atoms with Crippen LogP contribution >= 0.6 is 11.3 Å². The summed E-state index contributed by atoms with van der Waals surface area (Å²) < 4.78 is 18.4. The minimum Gasteiger partial charge on any atom is -0.496 e. The van der Waals surface area contributed by atoms with Crippen LogP contribution in [0, 0.1) is 0 Å². The summed E-state index contributed by atoms with van der Waals surface area (Å²) in [5.41, 5.74) is 2.34. The number of thiophene rings is 1. The van der Waals surface area contributed by atoms with Crippen LogP contribution in [0.1, 0.15) is 35.2 Å². The molecule has 0 saturated carbocycles. The number of methoxy groups -OCH3 is 3. The molecule has 5 rings (SSSR count). The lowest BCUT2D eigenvalue weighted by Gasteiger charge is -2.35. The predicted molar refractivity (Wildman–Crippen MR) is 116 cm³/mol. The number of hydrogen-bond acceptors (Lipinski definition) is 8. The molecule has 2 aromatic heterocycles. The van der Waals surface area contributed by atoms with Crippen LogP contribution in [-0.4, -0.2) is 41.9 Å². The monoisotopic (exact) mass is 438 g/mol. The number of aromatic nitrogens is 3. The SMILES string of the molecule is COc1cc(OC)c(C2C3=C(CC(c4cccs4)CC3=O)Nc3ncnn32)cc1OC. The zero-order chi connectivity index (χ0) is 21.5. The summed E-state index contributed by atoms with van der Waals surface area (Å²) in [5.74, 6) is 2.54. The van der Waals surface area contributed by atoms with E-state index in [0.717, 1.165) is 17.7 Å². The number of allylic oxidation sites excluding steroid dienone is 2. The molecule has 0 bridgehead atoms. The van der Waals surface area contributed by atoms with Gasteiger partial charge in [-0.2, -0.15) is 10.1 Å². The highest BCUT2D eigenvalue weighted by molar-refractivity contribution is 7.10. The fourth-order valence-corrected chi connectivity index (χ4v) is 5.26. The van der Waals surface area contributed by atoms with Gasteiger partial charge in [-0.25, -0.2) is 4.68 Å². The number of hydrogen-bond donors (Lipinski definition) is 1. The molecule has 0 fully saturated rings. The van der Waals surface area contributed by atoms with Crippen LogP contribution in [0.5, 0.6) is 17.2 Å². The third kappa shape index (κ3) is 3.16. The quantitative estimate of drug-likeness (QED) is 0.649. The van der Waals surface area contributed by atoms with Gasteiger partial charge in [0.1, 0.15) is 18.1 Å². The highest BCUT2D eigenvalue weighted by Crippen LogP contribution is 2.48. The molecule has 3 aromatic rings. The van der Waals surface area contributed by atoms with Gasteiger partial charge in [-0.3, -0.25) is 4.79 Å². The number of rotatable bonds is 5. The van der Waals surface area contributed by atoms with Crippen LogP contribution in [0.2, 0.25) is 0 Å². The second kappa shape index (κ2) is 7.73. The molecule has 3 heterocycles. The Balaban J connectivity index is 1.67. The van der Waals surface area contributed by atoms with Crippen molar-refractivity contribution in [2.24, 2.45) is 0 Å². The fourth-order valence-electron chi connectivity index (χ4n) is 4.43. The van der Waals surface area contributed by atoms with Crippen molar-refractivity contribution in [1.29, 1.82) is 0 Å². The Morgan fingerprint density at radius 2 is 1.87 bits per heavy atom. The van der Waals surface area contributed by atoms with Crippen molar-refractivity contribution in [2.45, 2.75) is 24.8 Å². The molecule has 1 N–H and O–H groups in total. The molecule has 8 nitrogen and oxygen atoms in total. The zero-order valence-electron chi connectivity index (χ0n) is 17.4. The van der Waals surface area contributed by atoms with Crippen LogP contribution in [-0.2, 0) is 4.79 Å². The van der Waals surface area contributed by atoms with Crippen molar-refractivity contribution in [3.8, 4) is 17.2 Å². The zero-order valence-corrected chi connectivity index (χ0v) is 18.2. The molecule has 0 radical (unpaired) electrons. The van der Waals surface area contributed by atoms with Crippen LogP contribution in [0.3, 0.4) is 0 Å². The standard InChI is InChI=1S/C22H22N4O4S/c1-28-16-10-18(30-3)17(29-2)9-13(16)21-20-14(25-22-23-11-24-26(21)22)7-12(8-15(20)27)19-5-4-6-31-19/h4-6,9-12,21H,7-8H2,1-3H3,(H,23,24,25). The summed E-state index contributed by atoms with van der Waals surface area (Å²) in [6.45, 7) is 0. The Bertz CT molecular complexity index is 1170. The van der Waals surface area contributed by atoms with Crippen molar-refractivity contribution >= 4 is 23.1 Å². The van der Waals surface area contributed by atoms with Gasteiger partial charge in [-0.15, -0.1) is 11.3 Å². The minimum atomic E-state index is -0.472. The predicted octanol–water partition coefficient (Wildman–Crippen LogP) is 3.78. The van der Waals surface area contributed by atoms with Crippen LogP contribution in [0.4, 0.5) is 5.95 Å². The molecule has 160 valence electrons. The first-order valence-corrected chi connectivity index (χ1v) is 10.8. The average Bonchev–Trinajstić information content (AvgIpc) is 3.48. The Morgan fingerprint density at radius 3 is 2.58 bits per heavy atom. The Kier molecular flexibility index (Phi) is 4.90. The number of carbonyl (C=O) groups is 1. The van der Waals surface area contributed by atoms with Gasteiger partial charge in [-0.1, -0.05) is 6.07 Å². The van der Waals surface area contributed by atoms with Crippen LogP contribution in [0.25, 0.3) is 0 Å². The van der Waals surface area contributed by atoms with Gasteiger partial charge in [0.15, 0.2) is 17.3 Å². The van der Waals surface area contributed by atoms with Crippen molar-refractivity contribution in [1.82, 2.24) is 14.8 Å². The average molecular weight is 439 g/mol. The number of Topliss-reactive ketones (excluding diaryl/α,β-unsaturated/α-hetero) is 1. The van der Waals surface area contributed by atoms with Gasteiger partial charge < -0.3 is 19.5 Å². The molecular weight excluding hydrogens is 416 g/mol. The first-order chi connectivity index (χ1) is 15.1. The first-order valence-electron chi connectivity index (χ1n) is 9.90. The number of anilines is 1. The van der Waals surface area contributed by atoms with Crippen LogP contribution < -0.4 is 19.5 Å². The van der Waals surface area contributed by atoms with Crippen molar-refractivity contribution in [2.75, 3.05) is 26.6 Å². The molecule has 1 aromatic carbocycles. The molecule has 2 atom stereocenters. The van der Waals surface area contributed by atoms with E-state index in [0.29, 0.717) is 35.2 Å². The van der Waals surface area contributed by atoms with E-state index in [1.165, 1.54) is 11.2 Å². The molecule has 2 unspecified atom stereocenters. The van der Waals surface area contributed by atoms with E-state index < -0.39 is 6.04 Å². The second-order valence-electron chi connectivity index (χ2n) is 7.44. The van der Waals surface area contributed by atoms with E-state index in [1.54, 1.807) is 43.4 Å².